The van der Waals surface area contributed by atoms with Crippen molar-refractivity contribution >= 4 is 17.1 Å². The first kappa shape index (κ1) is 10.4. The van der Waals surface area contributed by atoms with Crippen LogP contribution in [0.15, 0.2) is 35.6 Å². The van der Waals surface area contributed by atoms with Gasteiger partial charge in [-0.1, -0.05) is 6.07 Å². The molecule has 1 aromatic carbocycles. The molecule has 0 spiro atoms. The number of aromatic nitrogens is 1. The molecule has 0 atom stereocenters. The van der Waals surface area contributed by atoms with Gasteiger partial charge in [0.05, 0.1) is 32.5 Å². The molecule has 0 bridgehead atoms. The highest BCUT2D eigenvalue weighted by Gasteiger charge is 2.06. The molecular formula is C13H15N3O. The zero-order chi connectivity index (χ0) is 11.5. The minimum atomic E-state index is 0.772. The lowest BCUT2D eigenvalue weighted by Gasteiger charge is -2.23. The number of hydrogen-bond acceptors (Lipinski definition) is 3. The van der Waals surface area contributed by atoms with Crippen LogP contribution >= 0.6 is 0 Å². The zero-order valence-electron chi connectivity index (χ0n) is 9.60. The Balaban J connectivity index is 1.76. The Morgan fingerprint density at radius 2 is 2.12 bits per heavy atom. The standard InChI is InChI=1S/C13H15N3O/c1-2-13-12(3-4-14-13)9-11(1)10-15-16-5-7-17-8-6-16/h1-4,9-10,14H,5-8H2/b15-10+. The third-order valence-corrected chi connectivity index (χ3v) is 2.93. The van der Waals surface area contributed by atoms with Crippen molar-refractivity contribution in [1.82, 2.24) is 9.99 Å². The summed E-state index contributed by atoms with van der Waals surface area (Å²) in [5.41, 5.74) is 2.29. The van der Waals surface area contributed by atoms with Gasteiger partial charge in [0.25, 0.3) is 0 Å². The maximum absolute atomic E-state index is 5.28. The van der Waals surface area contributed by atoms with E-state index in [9.17, 15) is 0 Å². The number of aromatic amines is 1. The topological polar surface area (TPSA) is 40.6 Å². The lowest BCUT2D eigenvalue weighted by atomic mass is 10.2. The molecule has 4 heteroatoms. The van der Waals surface area contributed by atoms with E-state index in [1.165, 1.54) is 5.39 Å². The molecule has 0 saturated carbocycles. The van der Waals surface area contributed by atoms with Crippen molar-refractivity contribution < 1.29 is 4.74 Å². The SMILES string of the molecule is C(=N\N1CCOCC1)/c1ccc2[nH]ccc2c1. The van der Waals surface area contributed by atoms with Gasteiger partial charge < -0.3 is 9.72 Å². The smallest absolute Gasteiger partial charge is 0.0659 e. The molecule has 0 amide bonds. The van der Waals surface area contributed by atoms with E-state index in [1.54, 1.807) is 0 Å². The van der Waals surface area contributed by atoms with E-state index in [2.05, 4.69) is 34.4 Å². The van der Waals surface area contributed by atoms with E-state index in [-0.39, 0.29) is 0 Å². The van der Waals surface area contributed by atoms with Crippen LogP contribution in [0.25, 0.3) is 10.9 Å². The summed E-state index contributed by atoms with van der Waals surface area (Å²) in [4.78, 5) is 3.18. The van der Waals surface area contributed by atoms with Crippen LogP contribution in [0, 0.1) is 0 Å². The quantitative estimate of drug-likeness (QED) is 0.798. The second kappa shape index (κ2) is 4.59. The van der Waals surface area contributed by atoms with E-state index in [0.717, 1.165) is 37.4 Å². The molecule has 1 aliphatic heterocycles. The third-order valence-electron chi connectivity index (χ3n) is 2.93. The number of hydrogen-bond donors (Lipinski definition) is 1. The first-order valence-corrected chi connectivity index (χ1v) is 5.86. The average molecular weight is 229 g/mol. The highest BCUT2D eigenvalue weighted by molar-refractivity contribution is 5.88. The highest BCUT2D eigenvalue weighted by Crippen LogP contribution is 2.13. The fourth-order valence-corrected chi connectivity index (χ4v) is 1.97. The predicted octanol–water partition coefficient (Wildman–Crippen LogP) is 1.83. The Morgan fingerprint density at radius 1 is 1.24 bits per heavy atom. The number of ether oxygens (including phenoxy) is 1. The van der Waals surface area contributed by atoms with Gasteiger partial charge in [-0.2, -0.15) is 5.10 Å². The monoisotopic (exact) mass is 229 g/mol. The molecule has 1 N–H and O–H groups in total. The molecule has 3 rings (SSSR count). The molecule has 0 unspecified atom stereocenters. The van der Waals surface area contributed by atoms with E-state index < -0.39 is 0 Å². The summed E-state index contributed by atoms with van der Waals surface area (Å²) in [5, 5.41) is 7.73. The van der Waals surface area contributed by atoms with Gasteiger partial charge in [-0.15, -0.1) is 0 Å². The normalized spacial score (nSPS) is 17.1. The van der Waals surface area contributed by atoms with Crippen LogP contribution in [0.3, 0.4) is 0 Å². The fourth-order valence-electron chi connectivity index (χ4n) is 1.97. The van der Waals surface area contributed by atoms with Crippen LogP contribution in [0.1, 0.15) is 5.56 Å². The van der Waals surface area contributed by atoms with Crippen molar-refractivity contribution in [3.63, 3.8) is 0 Å². The zero-order valence-corrected chi connectivity index (χ0v) is 9.60. The summed E-state index contributed by atoms with van der Waals surface area (Å²) < 4.78 is 5.28. The second-order valence-electron chi connectivity index (χ2n) is 4.13. The van der Waals surface area contributed by atoms with E-state index in [0.29, 0.717) is 0 Å². The molecule has 0 radical (unpaired) electrons. The number of morpholine rings is 1. The van der Waals surface area contributed by atoms with Crippen molar-refractivity contribution in [2.45, 2.75) is 0 Å². The van der Waals surface area contributed by atoms with Crippen molar-refractivity contribution in [1.29, 1.82) is 0 Å². The molecule has 1 aromatic heterocycles. The number of H-pyrrole nitrogens is 1. The van der Waals surface area contributed by atoms with Gasteiger partial charge in [0.1, 0.15) is 0 Å². The molecule has 0 aliphatic carbocycles. The Labute approximate surface area is 99.9 Å². The van der Waals surface area contributed by atoms with Crippen LogP contribution < -0.4 is 0 Å². The maximum atomic E-state index is 5.28. The van der Waals surface area contributed by atoms with Crippen molar-refractivity contribution in [2.24, 2.45) is 5.10 Å². The summed E-state index contributed by atoms with van der Waals surface area (Å²) >= 11 is 0. The Hall–Kier alpha value is -1.81. The minimum Gasteiger partial charge on any atom is -0.378 e. The molecule has 1 fully saturated rings. The number of nitrogens with zero attached hydrogens (tertiary/aromatic N) is 2. The number of rotatable bonds is 2. The second-order valence-corrected chi connectivity index (χ2v) is 4.13. The van der Waals surface area contributed by atoms with E-state index >= 15 is 0 Å². The van der Waals surface area contributed by atoms with Crippen molar-refractivity contribution in [2.75, 3.05) is 26.3 Å². The van der Waals surface area contributed by atoms with Crippen LogP contribution in [-0.4, -0.2) is 42.5 Å². The van der Waals surface area contributed by atoms with Gasteiger partial charge in [0.15, 0.2) is 0 Å². The number of nitrogens with one attached hydrogen (secondary N) is 1. The van der Waals surface area contributed by atoms with Gasteiger partial charge >= 0.3 is 0 Å². The summed E-state index contributed by atoms with van der Waals surface area (Å²) in [5.74, 6) is 0. The third kappa shape index (κ3) is 2.31. The molecule has 88 valence electrons. The first-order valence-electron chi connectivity index (χ1n) is 5.86. The van der Waals surface area contributed by atoms with E-state index in [1.807, 2.05) is 17.4 Å². The first-order chi connectivity index (χ1) is 8.42. The molecule has 4 nitrogen and oxygen atoms in total. The van der Waals surface area contributed by atoms with Crippen LogP contribution in [0.4, 0.5) is 0 Å². The number of fused-ring (bicyclic) bond motifs is 1. The number of benzene rings is 1. The van der Waals surface area contributed by atoms with Crippen molar-refractivity contribution in [3.8, 4) is 0 Å². The molecular weight excluding hydrogens is 214 g/mol. The summed E-state index contributed by atoms with van der Waals surface area (Å²) in [7, 11) is 0. The van der Waals surface area contributed by atoms with Crippen LogP contribution in [0.2, 0.25) is 0 Å². The molecule has 2 heterocycles. The van der Waals surface area contributed by atoms with Crippen LogP contribution in [0.5, 0.6) is 0 Å². The summed E-state index contributed by atoms with van der Waals surface area (Å²) in [6.45, 7) is 3.30. The highest BCUT2D eigenvalue weighted by atomic mass is 16.5. The van der Waals surface area contributed by atoms with Gasteiger partial charge in [-0.05, 0) is 29.1 Å². The van der Waals surface area contributed by atoms with Gasteiger partial charge in [0.2, 0.25) is 0 Å². The number of hydrazone groups is 1. The van der Waals surface area contributed by atoms with Gasteiger partial charge in [-0.3, -0.25) is 5.01 Å². The lowest BCUT2D eigenvalue weighted by Crippen LogP contribution is -2.32. The van der Waals surface area contributed by atoms with Gasteiger partial charge in [-0.25, -0.2) is 0 Å². The minimum absolute atomic E-state index is 0.772. The lowest BCUT2D eigenvalue weighted by molar-refractivity contribution is 0.0397. The van der Waals surface area contributed by atoms with Crippen molar-refractivity contribution in [3.05, 3.63) is 36.0 Å². The molecule has 1 aliphatic rings. The predicted molar refractivity (Wildman–Crippen MR) is 68.3 cm³/mol. The van der Waals surface area contributed by atoms with Crippen LogP contribution in [-0.2, 0) is 4.74 Å². The fraction of sp³-hybridized carbons (Fsp3) is 0.308. The summed E-state index contributed by atoms with van der Waals surface area (Å²) in [6.07, 6.45) is 3.87. The maximum Gasteiger partial charge on any atom is 0.0659 e. The Kier molecular flexibility index (Phi) is 2.80. The molecule has 2 aromatic rings. The summed E-state index contributed by atoms with van der Waals surface area (Å²) in [6, 6.07) is 8.36. The molecule has 17 heavy (non-hydrogen) atoms. The average Bonchev–Trinajstić information content (AvgIpc) is 2.85. The van der Waals surface area contributed by atoms with E-state index in [4.69, 9.17) is 4.74 Å². The van der Waals surface area contributed by atoms with Gasteiger partial charge in [0, 0.05) is 11.7 Å². The largest absolute Gasteiger partial charge is 0.378 e. The Bertz CT molecular complexity index is 526. The Morgan fingerprint density at radius 3 is 3.00 bits per heavy atom. The molecule has 1 saturated heterocycles.